The van der Waals surface area contributed by atoms with Crippen molar-refractivity contribution in [3.05, 3.63) is 58.6 Å². The van der Waals surface area contributed by atoms with Gasteiger partial charge in [-0.3, -0.25) is 13.8 Å². The van der Waals surface area contributed by atoms with E-state index < -0.39 is 64.1 Å². The van der Waals surface area contributed by atoms with Gasteiger partial charge in [0.15, 0.2) is 13.2 Å². The average molecular weight is 588 g/mol. The lowest BCUT2D eigenvalue weighted by Crippen LogP contribution is -2.71. The van der Waals surface area contributed by atoms with Crippen molar-refractivity contribution in [3.8, 4) is 11.5 Å². The fourth-order valence-electron chi connectivity index (χ4n) is 5.09. The molecule has 0 aliphatic heterocycles. The third-order valence-electron chi connectivity index (χ3n) is 7.11. The van der Waals surface area contributed by atoms with Crippen LogP contribution in [0, 0.1) is 18.6 Å². The van der Waals surface area contributed by atoms with Gasteiger partial charge in [-0.15, -0.1) is 0 Å². The SMILES string of the molecule is Cc1ccc(OCC(=O)NC23CCC(NC(=O)COc4ccc(Cl)c(F)c4)(CC2)C[C@@H]3OS(N)(=O)=O)cc1F. The van der Waals surface area contributed by atoms with Gasteiger partial charge in [0.2, 0.25) is 0 Å². The molecule has 3 aliphatic rings. The zero-order valence-corrected chi connectivity index (χ0v) is 22.5. The molecule has 10 nitrogen and oxygen atoms in total. The van der Waals surface area contributed by atoms with E-state index in [0.29, 0.717) is 18.4 Å². The largest absolute Gasteiger partial charge is 0.484 e. The molecule has 0 heterocycles. The Kier molecular flexibility index (Phi) is 8.36. The normalized spacial score (nSPS) is 24.2. The highest BCUT2D eigenvalue weighted by Gasteiger charge is 2.57. The van der Waals surface area contributed by atoms with Crippen LogP contribution in [0.1, 0.15) is 37.7 Å². The maximum absolute atomic E-state index is 13.8. The standard InChI is InChI=1S/C25H28ClF2N3O7S/c1-15-2-3-16(10-19(15)27)37-14-23(33)31-25-8-6-24(7-9-25,12-21(25)38-39(29,34)35)30-22(32)13-36-17-4-5-18(26)20(28)11-17/h2-5,10-11,21H,6-9,12-14H2,1H3,(H,30,32)(H,31,33)(H2,29,34,35)/t21-,24?,25?/m0/s1. The van der Waals surface area contributed by atoms with E-state index in [1.807, 2.05) is 0 Å². The molecular weight excluding hydrogens is 560 g/mol. The van der Waals surface area contributed by atoms with Gasteiger partial charge < -0.3 is 20.1 Å². The number of nitrogens with one attached hydrogen (secondary N) is 2. The Morgan fingerprint density at radius 2 is 1.54 bits per heavy atom. The second-order valence-corrected chi connectivity index (χ2v) is 11.5. The Morgan fingerprint density at radius 3 is 2.10 bits per heavy atom. The van der Waals surface area contributed by atoms with Gasteiger partial charge in [-0.25, -0.2) is 13.9 Å². The van der Waals surface area contributed by atoms with E-state index in [2.05, 4.69) is 10.6 Å². The number of hydrogen-bond acceptors (Lipinski definition) is 7. The minimum absolute atomic E-state index is 0.0506. The van der Waals surface area contributed by atoms with Crippen LogP contribution in [0.5, 0.6) is 11.5 Å². The second kappa shape index (κ2) is 11.2. The van der Waals surface area contributed by atoms with Crippen molar-refractivity contribution >= 4 is 33.7 Å². The van der Waals surface area contributed by atoms with Gasteiger partial charge in [0, 0.05) is 24.1 Å². The van der Waals surface area contributed by atoms with Gasteiger partial charge in [0.1, 0.15) is 29.2 Å². The minimum Gasteiger partial charge on any atom is -0.484 e. The maximum atomic E-state index is 13.8. The molecule has 0 aromatic heterocycles. The van der Waals surface area contributed by atoms with Crippen molar-refractivity contribution < 1.29 is 40.4 Å². The van der Waals surface area contributed by atoms with E-state index in [4.69, 9.17) is 30.4 Å². The molecule has 212 valence electrons. The number of nitrogens with two attached hydrogens (primary N) is 1. The predicted octanol–water partition coefficient (Wildman–Crippen LogP) is 2.66. The van der Waals surface area contributed by atoms with Crippen molar-refractivity contribution in [3.63, 3.8) is 0 Å². The van der Waals surface area contributed by atoms with Crippen LogP contribution in [0.25, 0.3) is 0 Å². The lowest BCUT2D eigenvalue weighted by Gasteiger charge is -2.57. The quantitative estimate of drug-likeness (QED) is 0.387. The molecule has 14 heteroatoms. The highest BCUT2D eigenvalue weighted by atomic mass is 35.5. The Hall–Kier alpha value is -3.00. The molecule has 0 spiro atoms. The first kappa shape index (κ1) is 29.0. The summed E-state index contributed by atoms with van der Waals surface area (Å²) in [5, 5.41) is 10.8. The molecule has 3 saturated carbocycles. The zero-order chi connectivity index (χ0) is 28.4. The summed E-state index contributed by atoms with van der Waals surface area (Å²) in [5.41, 5.74) is -1.47. The molecule has 39 heavy (non-hydrogen) atoms. The molecule has 2 aromatic rings. The first-order valence-electron chi connectivity index (χ1n) is 12.1. The number of ether oxygens (including phenoxy) is 2. The molecule has 1 atom stereocenters. The van der Waals surface area contributed by atoms with E-state index >= 15 is 0 Å². The van der Waals surface area contributed by atoms with Crippen LogP contribution in [-0.4, -0.2) is 50.6 Å². The zero-order valence-electron chi connectivity index (χ0n) is 21.0. The Labute approximate surface area is 229 Å². The predicted molar refractivity (Wildman–Crippen MR) is 136 cm³/mol. The summed E-state index contributed by atoms with van der Waals surface area (Å²) >= 11 is 5.65. The number of rotatable bonds is 10. The number of amides is 2. The molecule has 2 aromatic carbocycles. The van der Waals surface area contributed by atoms with Gasteiger partial charge in [-0.1, -0.05) is 17.7 Å². The van der Waals surface area contributed by atoms with Crippen molar-refractivity contribution in [1.82, 2.24) is 10.6 Å². The summed E-state index contributed by atoms with van der Waals surface area (Å²) in [5.74, 6) is -1.94. The van der Waals surface area contributed by atoms with E-state index in [9.17, 15) is 26.8 Å². The van der Waals surface area contributed by atoms with Crippen LogP contribution in [0.15, 0.2) is 36.4 Å². The van der Waals surface area contributed by atoms with Gasteiger partial charge in [0.25, 0.3) is 11.8 Å². The fraction of sp³-hybridized carbons (Fsp3) is 0.440. The van der Waals surface area contributed by atoms with Crippen LogP contribution in [-0.2, 0) is 24.1 Å². The monoisotopic (exact) mass is 587 g/mol. The van der Waals surface area contributed by atoms with Gasteiger partial charge >= 0.3 is 10.3 Å². The van der Waals surface area contributed by atoms with Crippen molar-refractivity contribution in [2.75, 3.05) is 13.2 Å². The number of fused-ring (bicyclic) bond motifs is 3. The molecule has 3 fully saturated rings. The summed E-state index contributed by atoms with van der Waals surface area (Å²) in [7, 11) is -4.40. The summed E-state index contributed by atoms with van der Waals surface area (Å²) in [6, 6.07) is 8.00. The Balaban J connectivity index is 1.39. The molecular formula is C25H28ClF2N3O7S. The average Bonchev–Trinajstić information content (AvgIpc) is 2.85. The number of halogens is 3. The van der Waals surface area contributed by atoms with Crippen LogP contribution in [0.4, 0.5) is 8.78 Å². The summed E-state index contributed by atoms with van der Waals surface area (Å²) < 4.78 is 67.0. The number of carbonyl (C=O) groups excluding carboxylic acids is 2. The number of benzene rings is 2. The molecule has 3 aliphatic carbocycles. The first-order valence-corrected chi connectivity index (χ1v) is 13.9. The van der Waals surface area contributed by atoms with Gasteiger partial charge in [-0.2, -0.15) is 8.42 Å². The third kappa shape index (κ3) is 7.15. The Morgan fingerprint density at radius 1 is 0.974 bits per heavy atom. The van der Waals surface area contributed by atoms with Gasteiger partial charge in [-0.05, 0) is 56.4 Å². The van der Waals surface area contributed by atoms with Crippen LogP contribution in [0.2, 0.25) is 5.02 Å². The van der Waals surface area contributed by atoms with E-state index in [-0.39, 0.29) is 35.8 Å². The molecule has 0 unspecified atom stereocenters. The lowest BCUT2D eigenvalue weighted by molar-refractivity contribution is -0.135. The highest BCUT2D eigenvalue weighted by molar-refractivity contribution is 7.84. The first-order chi connectivity index (χ1) is 18.3. The molecule has 4 N–H and O–H groups in total. The minimum atomic E-state index is -4.40. The molecule has 2 bridgehead atoms. The van der Waals surface area contributed by atoms with E-state index in [1.54, 1.807) is 6.92 Å². The van der Waals surface area contributed by atoms with Gasteiger partial charge in [0.05, 0.1) is 10.6 Å². The maximum Gasteiger partial charge on any atom is 0.333 e. The second-order valence-electron chi connectivity index (χ2n) is 9.88. The summed E-state index contributed by atoms with van der Waals surface area (Å²) in [6.07, 6.45) is 0.354. The lowest BCUT2D eigenvalue weighted by atomic mass is 9.60. The van der Waals surface area contributed by atoms with Crippen LogP contribution >= 0.6 is 11.6 Å². The molecule has 0 saturated heterocycles. The van der Waals surface area contributed by atoms with E-state index in [0.717, 1.165) is 6.07 Å². The number of carbonyl (C=O) groups is 2. The van der Waals surface area contributed by atoms with Crippen molar-refractivity contribution in [1.29, 1.82) is 0 Å². The van der Waals surface area contributed by atoms with Crippen LogP contribution in [0.3, 0.4) is 0 Å². The summed E-state index contributed by atoms with van der Waals surface area (Å²) in [4.78, 5) is 25.4. The number of hydrogen-bond donors (Lipinski definition) is 3. The van der Waals surface area contributed by atoms with Crippen molar-refractivity contribution in [2.24, 2.45) is 5.14 Å². The van der Waals surface area contributed by atoms with Crippen molar-refractivity contribution in [2.45, 2.75) is 56.2 Å². The summed E-state index contributed by atoms with van der Waals surface area (Å²) in [6.45, 7) is 0.748. The fourth-order valence-corrected chi connectivity index (χ4v) is 5.79. The number of aryl methyl sites for hydroxylation is 1. The Bertz CT molecular complexity index is 1370. The molecule has 2 amide bonds. The van der Waals surface area contributed by atoms with E-state index in [1.165, 1.54) is 30.3 Å². The highest BCUT2D eigenvalue weighted by Crippen LogP contribution is 2.48. The smallest absolute Gasteiger partial charge is 0.333 e. The van der Waals surface area contributed by atoms with Crippen LogP contribution < -0.4 is 25.2 Å². The molecule has 5 rings (SSSR count). The topological polar surface area (TPSA) is 146 Å². The third-order valence-corrected chi connectivity index (χ3v) is 7.92. The molecule has 0 radical (unpaired) electrons.